The maximum absolute atomic E-state index is 12.3. The summed E-state index contributed by atoms with van der Waals surface area (Å²) in [6.45, 7) is 3.38. The van der Waals surface area contributed by atoms with Crippen molar-refractivity contribution < 1.29 is 4.79 Å². The van der Waals surface area contributed by atoms with E-state index >= 15 is 0 Å². The number of likely N-dealkylation sites (tertiary alicyclic amines) is 1. The standard InChI is InChI=1S/C15H19BrN2O/c16-13-5-4-12-6-9-18(14(12)10-13)11-15(19)17-7-2-1-3-8-17/h4-5,10H,1-3,6-9,11H2. The Balaban J connectivity index is 1.68. The molecule has 3 nitrogen and oxygen atoms in total. The molecule has 0 aromatic heterocycles. The molecule has 3 rings (SSSR count). The highest BCUT2D eigenvalue weighted by Gasteiger charge is 2.24. The maximum Gasteiger partial charge on any atom is 0.242 e. The Hall–Kier alpha value is -1.03. The fourth-order valence-corrected chi connectivity index (χ4v) is 3.34. The number of hydrogen-bond donors (Lipinski definition) is 0. The van der Waals surface area contributed by atoms with Crippen LogP contribution in [0.25, 0.3) is 0 Å². The van der Waals surface area contributed by atoms with Gasteiger partial charge in [0.15, 0.2) is 0 Å². The highest BCUT2D eigenvalue weighted by molar-refractivity contribution is 9.10. The van der Waals surface area contributed by atoms with Crippen LogP contribution in [0, 0.1) is 0 Å². The molecule has 0 radical (unpaired) electrons. The summed E-state index contributed by atoms with van der Waals surface area (Å²) >= 11 is 3.51. The van der Waals surface area contributed by atoms with E-state index < -0.39 is 0 Å². The molecule has 2 aliphatic rings. The predicted molar refractivity (Wildman–Crippen MR) is 80.5 cm³/mol. The normalized spacial score (nSPS) is 18.6. The van der Waals surface area contributed by atoms with Crippen molar-refractivity contribution in [3.63, 3.8) is 0 Å². The Labute approximate surface area is 122 Å². The van der Waals surface area contributed by atoms with Gasteiger partial charge in [-0.1, -0.05) is 22.0 Å². The van der Waals surface area contributed by atoms with Crippen molar-refractivity contribution in [3.05, 3.63) is 28.2 Å². The highest BCUT2D eigenvalue weighted by atomic mass is 79.9. The third-order valence-corrected chi connectivity index (χ3v) is 4.57. The van der Waals surface area contributed by atoms with Crippen molar-refractivity contribution in [1.82, 2.24) is 4.90 Å². The Kier molecular flexibility index (Phi) is 3.78. The molecule has 0 N–H and O–H groups in total. The van der Waals surface area contributed by atoms with Crippen LogP contribution in [0.2, 0.25) is 0 Å². The summed E-state index contributed by atoms with van der Waals surface area (Å²) in [6.07, 6.45) is 4.64. The van der Waals surface area contributed by atoms with E-state index in [0.29, 0.717) is 6.54 Å². The second kappa shape index (κ2) is 5.53. The van der Waals surface area contributed by atoms with Crippen LogP contribution in [0.3, 0.4) is 0 Å². The molecule has 1 amide bonds. The van der Waals surface area contributed by atoms with Crippen LogP contribution in [-0.2, 0) is 11.2 Å². The second-order valence-electron chi connectivity index (χ2n) is 5.39. The van der Waals surface area contributed by atoms with Crippen molar-refractivity contribution in [2.75, 3.05) is 31.1 Å². The zero-order valence-corrected chi connectivity index (χ0v) is 12.7. The van der Waals surface area contributed by atoms with Crippen LogP contribution in [0.4, 0.5) is 5.69 Å². The van der Waals surface area contributed by atoms with Gasteiger partial charge in [0.25, 0.3) is 0 Å². The minimum absolute atomic E-state index is 0.285. The first-order chi connectivity index (χ1) is 9.24. The minimum atomic E-state index is 0.285. The molecule has 0 unspecified atom stereocenters. The lowest BCUT2D eigenvalue weighted by Crippen LogP contribution is -2.42. The number of anilines is 1. The number of rotatable bonds is 2. The van der Waals surface area contributed by atoms with Gasteiger partial charge in [0.1, 0.15) is 0 Å². The number of carbonyl (C=O) groups is 1. The van der Waals surface area contributed by atoms with Crippen LogP contribution >= 0.6 is 15.9 Å². The Morgan fingerprint density at radius 1 is 1.16 bits per heavy atom. The number of carbonyl (C=O) groups excluding carboxylic acids is 1. The molecule has 0 saturated carbocycles. The zero-order chi connectivity index (χ0) is 13.2. The average Bonchev–Trinajstić information content (AvgIpc) is 2.82. The van der Waals surface area contributed by atoms with Gasteiger partial charge in [0.05, 0.1) is 6.54 Å². The fourth-order valence-electron chi connectivity index (χ4n) is 2.99. The molecule has 1 fully saturated rings. The molecule has 0 aliphatic carbocycles. The van der Waals surface area contributed by atoms with Gasteiger partial charge < -0.3 is 9.80 Å². The highest BCUT2D eigenvalue weighted by Crippen LogP contribution is 2.30. The van der Waals surface area contributed by atoms with Gasteiger partial charge in [0, 0.05) is 29.8 Å². The van der Waals surface area contributed by atoms with Crippen LogP contribution in [0.15, 0.2) is 22.7 Å². The number of halogens is 1. The van der Waals surface area contributed by atoms with E-state index in [-0.39, 0.29) is 5.91 Å². The van der Waals surface area contributed by atoms with Gasteiger partial charge in [-0.05, 0) is 43.4 Å². The first-order valence-corrected chi connectivity index (χ1v) is 7.84. The molecule has 0 spiro atoms. The molecule has 19 heavy (non-hydrogen) atoms. The molecule has 102 valence electrons. The zero-order valence-electron chi connectivity index (χ0n) is 11.1. The molecule has 0 bridgehead atoms. The fraction of sp³-hybridized carbons (Fsp3) is 0.533. The number of hydrogen-bond acceptors (Lipinski definition) is 2. The summed E-state index contributed by atoms with van der Waals surface area (Å²) in [6, 6.07) is 6.37. The predicted octanol–water partition coefficient (Wildman–Crippen LogP) is 2.82. The molecular formula is C15H19BrN2O. The summed E-state index contributed by atoms with van der Waals surface area (Å²) in [4.78, 5) is 16.6. The van der Waals surface area contributed by atoms with E-state index in [4.69, 9.17) is 0 Å². The van der Waals surface area contributed by atoms with E-state index in [1.807, 2.05) is 4.90 Å². The van der Waals surface area contributed by atoms with Crippen LogP contribution in [0.5, 0.6) is 0 Å². The van der Waals surface area contributed by atoms with Gasteiger partial charge in [-0.15, -0.1) is 0 Å². The van der Waals surface area contributed by atoms with Gasteiger partial charge >= 0.3 is 0 Å². The lowest BCUT2D eigenvalue weighted by molar-refractivity contribution is -0.130. The SMILES string of the molecule is O=C(CN1CCc2ccc(Br)cc21)N1CCCCC1. The molecule has 0 atom stereocenters. The quantitative estimate of drug-likeness (QED) is 0.836. The first kappa shape index (κ1) is 13.0. The molecule has 2 aliphatic heterocycles. The van der Waals surface area contributed by atoms with Crippen molar-refractivity contribution in [1.29, 1.82) is 0 Å². The van der Waals surface area contributed by atoms with Gasteiger partial charge in [-0.2, -0.15) is 0 Å². The largest absolute Gasteiger partial charge is 0.362 e. The summed E-state index contributed by atoms with van der Waals surface area (Å²) in [5.74, 6) is 0.285. The monoisotopic (exact) mass is 322 g/mol. The molecular weight excluding hydrogens is 304 g/mol. The Morgan fingerprint density at radius 2 is 1.95 bits per heavy atom. The van der Waals surface area contributed by atoms with Crippen molar-refractivity contribution in [2.24, 2.45) is 0 Å². The van der Waals surface area contributed by atoms with E-state index in [0.717, 1.165) is 43.4 Å². The third kappa shape index (κ3) is 2.78. The summed E-state index contributed by atoms with van der Waals surface area (Å²) in [7, 11) is 0. The Bertz CT molecular complexity index is 483. The third-order valence-electron chi connectivity index (χ3n) is 4.07. The number of nitrogens with zero attached hydrogens (tertiary/aromatic N) is 2. The number of fused-ring (bicyclic) bond motifs is 1. The summed E-state index contributed by atoms with van der Waals surface area (Å²) in [5, 5.41) is 0. The lowest BCUT2D eigenvalue weighted by Gasteiger charge is -2.29. The average molecular weight is 323 g/mol. The van der Waals surface area contributed by atoms with Gasteiger partial charge in [-0.3, -0.25) is 4.79 Å². The topological polar surface area (TPSA) is 23.6 Å². The van der Waals surface area contributed by atoms with Crippen LogP contribution < -0.4 is 4.90 Å². The lowest BCUT2D eigenvalue weighted by atomic mass is 10.1. The van der Waals surface area contributed by atoms with Gasteiger partial charge in [0.2, 0.25) is 5.91 Å². The summed E-state index contributed by atoms with van der Waals surface area (Å²) < 4.78 is 1.09. The van der Waals surface area contributed by atoms with E-state index in [1.54, 1.807) is 0 Å². The maximum atomic E-state index is 12.3. The first-order valence-electron chi connectivity index (χ1n) is 7.05. The molecule has 1 aromatic carbocycles. The van der Waals surface area contributed by atoms with Crippen molar-refractivity contribution in [2.45, 2.75) is 25.7 Å². The smallest absolute Gasteiger partial charge is 0.242 e. The minimum Gasteiger partial charge on any atom is -0.362 e. The van der Waals surface area contributed by atoms with Crippen LogP contribution in [0.1, 0.15) is 24.8 Å². The Morgan fingerprint density at radius 3 is 2.74 bits per heavy atom. The molecule has 1 aromatic rings. The number of piperidine rings is 1. The van der Waals surface area contributed by atoms with E-state index in [1.165, 1.54) is 17.7 Å². The van der Waals surface area contributed by atoms with Crippen molar-refractivity contribution >= 4 is 27.5 Å². The molecule has 1 saturated heterocycles. The number of benzene rings is 1. The molecule has 4 heteroatoms. The second-order valence-corrected chi connectivity index (χ2v) is 6.30. The van der Waals surface area contributed by atoms with Crippen molar-refractivity contribution in [3.8, 4) is 0 Å². The number of amides is 1. The van der Waals surface area contributed by atoms with Crippen LogP contribution in [-0.4, -0.2) is 37.0 Å². The van der Waals surface area contributed by atoms with E-state index in [9.17, 15) is 4.79 Å². The van der Waals surface area contributed by atoms with Gasteiger partial charge in [-0.25, -0.2) is 0 Å². The molecule has 2 heterocycles. The summed E-state index contributed by atoms with van der Waals surface area (Å²) in [5.41, 5.74) is 2.58. The van der Waals surface area contributed by atoms with E-state index in [2.05, 4.69) is 39.0 Å².